The number of nitrogens with zero attached hydrogens (tertiary/aromatic N) is 1. The zero-order chi connectivity index (χ0) is 28.1. The van der Waals surface area contributed by atoms with Gasteiger partial charge in [-0.2, -0.15) is 0 Å². The highest BCUT2D eigenvalue weighted by Crippen LogP contribution is 2.37. The molecule has 0 unspecified atom stereocenters. The Labute approximate surface area is 247 Å². The summed E-state index contributed by atoms with van der Waals surface area (Å²) in [7, 11) is 0. The molecule has 0 amide bonds. The molecule has 0 heterocycles. The molecule has 7 aromatic carbocycles. The molecule has 0 aromatic heterocycles. The maximum atomic E-state index is 3.53. The average Bonchev–Trinajstić information content (AvgIpc) is 3.07. The molecule has 0 aliphatic heterocycles. The lowest BCUT2D eigenvalue weighted by molar-refractivity contribution is 1.29. The minimum Gasteiger partial charge on any atom is -0.356 e. The molecule has 0 spiro atoms. The third-order valence-corrected chi connectivity index (χ3v) is 7.63. The third-order valence-electron chi connectivity index (χ3n) is 7.63. The monoisotopic (exact) mass is 538 g/mol. The van der Waals surface area contributed by atoms with Gasteiger partial charge in [0.1, 0.15) is 0 Å². The standard InChI is InChI=1S/C40H30N2/c1-3-9-30(10-4-1)32-15-22-36(23-16-32)41-37-24-17-33(18-25-37)34-19-26-39(27-20-34)42(38-13-5-2-6-14-38)40-28-21-31-11-7-8-12-35(31)29-40/h1-29,41H. The molecule has 0 saturated heterocycles. The Morgan fingerprint density at radius 2 is 0.738 bits per heavy atom. The molecule has 7 rings (SSSR count). The van der Waals surface area contributed by atoms with Gasteiger partial charge in [0.25, 0.3) is 0 Å². The normalized spacial score (nSPS) is 10.9. The molecule has 0 aliphatic rings. The second-order valence-corrected chi connectivity index (χ2v) is 10.4. The van der Waals surface area contributed by atoms with Crippen molar-refractivity contribution < 1.29 is 0 Å². The van der Waals surface area contributed by atoms with Crippen LogP contribution in [0.2, 0.25) is 0 Å². The van der Waals surface area contributed by atoms with Gasteiger partial charge < -0.3 is 10.2 Å². The Morgan fingerprint density at radius 1 is 0.310 bits per heavy atom. The van der Waals surface area contributed by atoms with Crippen LogP contribution in [0.4, 0.5) is 28.4 Å². The van der Waals surface area contributed by atoms with Crippen molar-refractivity contribution in [1.29, 1.82) is 0 Å². The van der Waals surface area contributed by atoms with E-state index < -0.39 is 0 Å². The summed E-state index contributed by atoms with van der Waals surface area (Å²) < 4.78 is 0. The van der Waals surface area contributed by atoms with Gasteiger partial charge in [0.15, 0.2) is 0 Å². The predicted octanol–water partition coefficient (Wildman–Crippen LogP) is 11.4. The Balaban J connectivity index is 1.11. The van der Waals surface area contributed by atoms with Gasteiger partial charge in [-0.1, -0.05) is 115 Å². The van der Waals surface area contributed by atoms with Crippen molar-refractivity contribution in [2.45, 2.75) is 0 Å². The Morgan fingerprint density at radius 3 is 1.33 bits per heavy atom. The Bertz CT molecular complexity index is 1910. The van der Waals surface area contributed by atoms with Gasteiger partial charge in [-0.05, 0) is 93.7 Å². The van der Waals surface area contributed by atoms with E-state index in [1.54, 1.807) is 0 Å². The molecule has 2 nitrogen and oxygen atoms in total. The summed E-state index contributed by atoms with van der Waals surface area (Å²) in [5, 5.41) is 6.00. The fourth-order valence-electron chi connectivity index (χ4n) is 5.43. The van der Waals surface area contributed by atoms with Crippen LogP contribution in [0.15, 0.2) is 176 Å². The Hall–Kier alpha value is -5.60. The first-order chi connectivity index (χ1) is 20.8. The molecular weight excluding hydrogens is 508 g/mol. The lowest BCUT2D eigenvalue weighted by atomic mass is 10.0. The Kier molecular flexibility index (Phi) is 6.94. The van der Waals surface area contributed by atoms with E-state index in [0.717, 1.165) is 28.4 Å². The molecule has 0 aliphatic carbocycles. The second-order valence-electron chi connectivity index (χ2n) is 10.4. The number of para-hydroxylation sites is 1. The number of hydrogen-bond acceptors (Lipinski definition) is 2. The summed E-state index contributed by atoms with van der Waals surface area (Å²) in [6, 6.07) is 62.2. The number of rotatable bonds is 7. The molecule has 200 valence electrons. The molecule has 0 fully saturated rings. The van der Waals surface area contributed by atoms with Crippen LogP contribution < -0.4 is 10.2 Å². The van der Waals surface area contributed by atoms with E-state index in [-0.39, 0.29) is 0 Å². The predicted molar refractivity (Wildman–Crippen MR) is 179 cm³/mol. The van der Waals surface area contributed by atoms with Crippen molar-refractivity contribution in [3.8, 4) is 22.3 Å². The van der Waals surface area contributed by atoms with E-state index in [4.69, 9.17) is 0 Å². The van der Waals surface area contributed by atoms with Crippen LogP contribution >= 0.6 is 0 Å². The van der Waals surface area contributed by atoms with Gasteiger partial charge in [-0.25, -0.2) is 0 Å². The van der Waals surface area contributed by atoms with E-state index in [9.17, 15) is 0 Å². The van der Waals surface area contributed by atoms with Crippen molar-refractivity contribution in [2.75, 3.05) is 10.2 Å². The second kappa shape index (κ2) is 11.5. The lowest BCUT2D eigenvalue weighted by Crippen LogP contribution is -2.09. The SMILES string of the molecule is c1ccc(-c2ccc(Nc3ccc(-c4ccc(N(c5ccccc5)c5ccc6ccccc6c5)cc4)cc3)cc2)cc1. The molecule has 1 N–H and O–H groups in total. The number of benzene rings is 7. The molecule has 0 saturated carbocycles. The van der Waals surface area contributed by atoms with Crippen LogP contribution in [0.5, 0.6) is 0 Å². The lowest BCUT2D eigenvalue weighted by Gasteiger charge is -2.26. The first-order valence-electron chi connectivity index (χ1n) is 14.3. The van der Waals surface area contributed by atoms with E-state index in [2.05, 4.69) is 180 Å². The summed E-state index contributed by atoms with van der Waals surface area (Å²) in [5.74, 6) is 0. The summed E-state index contributed by atoms with van der Waals surface area (Å²) >= 11 is 0. The van der Waals surface area contributed by atoms with Crippen LogP contribution in [0.3, 0.4) is 0 Å². The average molecular weight is 539 g/mol. The summed E-state index contributed by atoms with van der Waals surface area (Å²) in [5.41, 5.74) is 10.3. The topological polar surface area (TPSA) is 15.3 Å². The molecule has 42 heavy (non-hydrogen) atoms. The highest BCUT2D eigenvalue weighted by Gasteiger charge is 2.13. The van der Waals surface area contributed by atoms with Gasteiger partial charge in [0, 0.05) is 28.4 Å². The van der Waals surface area contributed by atoms with Crippen molar-refractivity contribution in [3.63, 3.8) is 0 Å². The van der Waals surface area contributed by atoms with Crippen LogP contribution in [-0.4, -0.2) is 0 Å². The van der Waals surface area contributed by atoms with Crippen LogP contribution in [-0.2, 0) is 0 Å². The third kappa shape index (κ3) is 5.39. The van der Waals surface area contributed by atoms with E-state index in [1.807, 2.05) is 6.07 Å². The summed E-state index contributed by atoms with van der Waals surface area (Å²) in [6.45, 7) is 0. The van der Waals surface area contributed by atoms with Gasteiger partial charge in [-0.15, -0.1) is 0 Å². The van der Waals surface area contributed by atoms with E-state index >= 15 is 0 Å². The first kappa shape index (κ1) is 25.4. The summed E-state index contributed by atoms with van der Waals surface area (Å²) in [6.07, 6.45) is 0. The number of fused-ring (bicyclic) bond motifs is 1. The molecule has 2 heteroatoms. The van der Waals surface area contributed by atoms with Crippen molar-refractivity contribution >= 4 is 39.2 Å². The first-order valence-corrected chi connectivity index (χ1v) is 14.3. The van der Waals surface area contributed by atoms with Crippen molar-refractivity contribution in [1.82, 2.24) is 0 Å². The van der Waals surface area contributed by atoms with Gasteiger partial charge >= 0.3 is 0 Å². The largest absolute Gasteiger partial charge is 0.356 e. The number of hydrogen-bond donors (Lipinski definition) is 1. The molecule has 0 bridgehead atoms. The number of nitrogens with one attached hydrogen (secondary N) is 1. The van der Waals surface area contributed by atoms with Gasteiger partial charge in [0.05, 0.1) is 0 Å². The molecule has 0 atom stereocenters. The van der Waals surface area contributed by atoms with Gasteiger partial charge in [0.2, 0.25) is 0 Å². The number of anilines is 5. The minimum atomic E-state index is 1.06. The summed E-state index contributed by atoms with van der Waals surface area (Å²) in [4.78, 5) is 2.31. The van der Waals surface area contributed by atoms with E-state index in [1.165, 1.54) is 33.0 Å². The fourth-order valence-corrected chi connectivity index (χ4v) is 5.43. The van der Waals surface area contributed by atoms with Crippen LogP contribution in [0.25, 0.3) is 33.0 Å². The van der Waals surface area contributed by atoms with Crippen LogP contribution in [0.1, 0.15) is 0 Å². The van der Waals surface area contributed by atoms with Crippen molar-refractivity contribution in [3.05, 3.63) is 176 Å². The maximum absolute atomic E-state index is 3.53. The van der Waals surface area contributed by atoms with Crippen LogP contribution in [0, 0.1) is 0 Å². The molecule has 7 aromatic rings. The quantitative estimate of drug-likeness (QED) is 0.217. The fraction of sp³-hybridized carbons (Fsp3) is 0. The zero-order valence-corrected chi connectivity index (χ0v) is 23.2. The molecule has 0 radical (unpaired) electrons. The van der Waals surface area contributed by atoms with Gasteiger partial charge in [-0.3, -0.25) is 0 Å². The minimum absolute atomic E-state index is 1.06. The highest BCUT2D eigenvalue weighted by molar-refractivity contribution is 5.89. The molecular formula is C40H30N2. The highest BCUT2D eigenvalue weighted by atomic mass is 15.1. The van der Waals surface area contributed by atoms with E-state index in [0.29, 0.717) is 0 Å². The maximum Gasteiger partial charge on any atom is 0.0468 e. The smallest absolute Gasteiger partial charge is 0.0468 e. The van der Waals surface area contributed by atoms with Crippen molar-refractivity contribution in [2.24, 2.45) is 0 Å². The zero-order valence-electron chi connectivity index (χ0n) is 23.2.